The number of sulfone groups is 1. The average Bonchev–Trinajstić information content (AvgIpc) is 2.17. The molecule has 1 unspecified atom stereocenters. The smallest absolute Gasteiger partial charge is 0.337 e. The molecular formula is C10H15N3O4S. The van der Waals surface area contributed by atoms with E-state index < -0.39 is 15.8 Å². The Hall–Kier alpha value is -1.83. The van der Waals surface area contributed by atoms with Crippen LogP contribution in [0.5, 0.6) is 0 Å². The molecule has 1 aromatic rings. The Morgan fingerprint density at radius 1 is 1.61 bits per heavy atom. The van der Waals surface area contributed by atoms with Crippen molar-refractivity contribution in [3.8, 4) is 0 Å². The molecule has 100 valence electrons. The van der Waals surface area contributed by atoms with Crippen LogP contribution in [0.25, 0.3) is 0 Å². The summed E-state index contributed by atoms with van der Waals surface area (Å²) >= 11 is 0. The second-order valence-corrected chi connectivity index (χ2v) is 6.29. The van der Waals surface area contributed by atoms with E-state index in [2.05, 4.69) is 10.3 Å². The van der Waals surface area contributed by atoms with Crippen molar-refractivity contribution < 1.29 is 18.3 Å². The number of rotatable bonds is 5. The van der Waals surface area contributed by atoms with Crippen LogP contribution < -0.4 is 11.1 Å². The number of nitrogens with zero attached hydrogens (tertiary/aromatic N) is 1. The molecule has 0 saturated heterocycles. The Bertz CT molecular complexity index is 556. The van der Waals surface area contributed by atoms with Crippen LogP contribution in [0.3, 0.4) is 0 Å². The summed E-state index contributed by atoms with van der Waals surface area (Å²) in [6, 6.07) is 0.899. The van der Waals surface area contributed by atoms with Gasteiger partial charge in [0.05, 0.1) is 17.0 Å². The van der Waals surface area contributed by atoms with Gasteiger partial charge in [-0.2, -0.15) is 0 Å². The van der Waals surface area contributed by atoms with E-state index in [1.54, 1.807) is 6.92 Å². The largest absolute Gasteiger partial charge is 0.478 e. The van der Waals surface area contributed by atoms with Crippen molar-refractivity contribution in [2.24, 2.45) is 0 Å². The minimum atomic E-state index is -3.10. The van der Waals surface area contributed by atoms with Crippen molar-refractivity contribution in [1.82, 2.24) is 4.98 Å². The number of anilines is 2. The van der Waals surface area contributed by atoms with E-state index >= 15 is 0 Å². The number of nitrogens with one attached hydrogen (secondary N) is 1. The highest BCUT2D eigenvalue weighted by Crippen LogP contribution is 2.17. The highest BCUT2D eigenvalue weighted by Gasteiger charge is 2.13. The van der Waals surface area contributed by atoms with Crippen LogP contribution in [-0.4, -0.2) is 42.5 Å². The van der Waals surface area contributed by atoms with Crippen molar-refractivity contribution in [3.63, 3.8) is 0 Å². The molecule has 0 amide bonds. The molecule has 1 rings (SSSR count). The maximum atomic E-state index is 11.1. The van der Waals surface area contributed by atoms with E-state index in [-0.39, 0.29) is 28.9 Å². The number of hydrogen-bond donors (Lipinski definition) is 3. The number of carboxylic acid groups (broad SMARTS) is 1. The summed E-state index contributed by atoms with van der Waals surface area (Å²) in [7, 11) is -3.10. The number of carboxylic acids is 1. The molecule has 0 aromatic carbocycles. The van der Waals surface area contributed by atoms with Crippen LogP contribution in [0, 0.1) is 0 Å². The first-order valence-corrected chi connectivity index (χ1v) is 7.18. The lowest BCUT2D eigenvalue weighted by molar-refractivity contribution is 0.0696. The van der Waals surface area contributed by atoms with E-state index in [9.17, 15) is 13.2 Å². The van der Waals surface area contributed by atoms with Crippen LogP contribution in [-0.2, 0) is 9.84 Å². The second kappa shape index (κ2) is 5.21. The van der Waals surface area contributed by atoms with E-state index in [1.165, 1.54) is 6.07 Å². The lowest BCUT2D eigenvalue weighted by Gasteiger charge is -2.15. The second-order valence-electron chi connectivity index (χ2n) is 4.10. The van der Waals surface area contributed by atoms with E-state index in [4.69, 9.17) is 10.8 Å². The summed E-state index contributed by atoms with van der Waals surface area (Å²) in [5, 5.41) is 11.6. The molecule has 0 fully saturated rings. The SMILES string of the molecule is CC(CS(C)(=O)=O)Nc1ncc(C(=O)O)cc1N. The molecule has 7 nitrogen and oxygen atoms in total. The maximum Gasteiger partial charge on any atom is 0.337 e. The number of carbonyl (C=O) groups is 1. The Morgan fingerprint density at radius 3 is 2.67 bits per heavy atom. The van der Waals surface area contributed by atoms with Gasteiger partial charge in [0.25, 0.3) is 0 Å². The molecule has 0 radical (unpaired) electrons. The van der Waals surface area contributed by atoms with Crippen molar-refractivity contribution in [2.75, 3.05) is 23.1 Å². The summed E-state index contributed by atoms with van der Waals surface area (Å²) in [4.78, 5) is 14.5. The van der Waals surface area contributed by atoms with Gasteiger partial charge in [-0.25, -0.2) is 18.2 Å². The number of pyridine rings is 1. The zero-order valence-electron chi connectivity index (χ0n) is 10.0. The molecule has 1 aromatic heterocycles. The van der Waals surface area contributed by atoms with Crippen LogP contribution >= 0.6 is 0 Å². The predicted molar refractivity (Wildman–Crippen MR) is 68.4 cm³/mol. The summed E-state index contributed by atoms with van der Waals surface area (Å²) in [5.74, 6) is -0.907. The highest BCUT2D eigenvalue weighted by atomic mass is 32.2. The fourth-order valence-electron chi connectivity index (χ4n) is 1.45. The summed E-state index contributed by atoms with van der Waals surface area (Å²) in [5.41, 5.74) is 5.78. The first-order chi connectivity index (χ1) is 8.19. The number of aromatic nitrogens is 1. The topological polar surface area (TPSA) is 122 Å². The fourth-order valence-corrected chi connectivity index (χ4v) is 2.44. The monoisotopic (exact) mass is 273 g/mol. The quantitative estimate of drug-likeness (QED) is 0.700. The lowest BCUT2D eigenvalue weighted by atomic mass is 10.2. The molecule has 0 aliphatic carbocycles. The summed E-state index contributed by atoms with van der Waals surface area (Å²) < 4.78 is 22.2. The minimum Gasteiger partial charge on any atom is -0.478 e. The molecule has 0 aliphatic rings. The van der Waals surface area contributed by atoms with Crippen molar-refractivity contribution in [2.45, 2.75) is 13.0 Å². The Kier molecular flexibility index (Phi) is 4.12. The first kappa shape index (κ1) is 14.2. The number of nitrogen functional groups attached to an aromatic ring is 1. The molecule has 0 spiro atoms. The molecule has 1 heterocycles. The van der Waals surface area contributed by atoms with E-state index in [0.29, 0.717) is 0 Å². The average molecular weight is 273 g/mol. The van der Waals surface area contributed by atoms with Gasteiger partial charge < -0.3 is 16.2 Å². The first-order valence-electron chi connectivity index (χ1n) is 5.12. The van der Waals surface area contributed by atoms with Crippen LogP contribution in [0.4, 0.5) is 11.5 Å². The molecule has 4 N–H and O–H groups in total. The maximum absolute atomic E-state index is 11.1. The third kappa shape index (κ3) is 4.21. The third-order valence-electron chi connectivity index (χ3n) is 2.10. The van der Waals surface area contributed by atoms with Gasteiger partial charge in [-0.15, -0.1) is 0 Å². The summed E-state index contributed by atoms with van der Waals surface area (Å²) in [6.07, 6.45) is 2.30. The molecule has 0 bridgehead atoms. The van der Waals surface area contributed by atoms with Gasteiger partial charge in [0.2, 0.25) is 0 Å². The van der Waals surface area contributed by atoms with E-state index in [1.807, 2.05) is 0 Å². The molecule has 1 atom stereocenters. The van der Waals surface area contributed by atoms with Gasteiger partial charge in [-0.3, -0.25) is 0 Å². The highest BCUT2D eigenvalue weighted by molar-refractivity contribution is 7.90. The number of aromatic carboxylic acids is 1. The van der Waals surface area contributed by atoms with Gasteiger partial charge in [-0.05, 0) is 13.0 Å². The Balaban J connectivity index is 2.83. The lowest BCUT2D eigenvalue weighted by Crippen LogP contribution is -2.26. The standard InChI is InChI=1S/C10H15N3O4S/c1-6(5-18(2,16)17)13-9-8(11)3-7(4-12-9)10(14)15/h3-4,6H,5,11H2,1-2H3,(H,12,13)(H,14,15). The molecule has 18 heavy (non-hydrogen) atoms. The van der Waals surface area contributed by atoms with Crippen LogP contribution in [0.2, 0.25) is 0 Å². The Morgan fingerprint density at radius 2 is 2.22 bits per heavy atom. The molecule has 0 aliphatic heterocycles. The van der Waals surface area contributed by atoms with Crippen LogP contribution in [0.15, 0.2) is 12.3 Å². The Labute approximate surface area is 105 Å². The van der Waals surface area contributed by atoms with Crippen LogP contribution in [0.1, 0.15) is 17.3 Å². The van der Waals surface area contributed by atoms with Gasteiger partial charge in [0.15, 0.2) is 0 Å². The van der Waals surface area contributed by atoms with Gasteiger partial charge in [0, 0.05) is 18.5 Å². The molecular weight excluding hydrogens is 258 g/mol. The van der Waals surface area contributed by atoms with Crippen molar-refractivity contribution in [1.29, 1.82) is 0 Å². The molecule has 8 heteroatoms. The summed E-state index contributed by atoms with van der Waals surface area (Å²) in [6.45, 7) is 1.67. The normalized spacial score (nSPS) is 13.0. The minimum absolute atomic E-state index is 0.0196. The zero-order chi connectivity index (χ0) is 13.9. The van der Waals surface area contributed by atoms with Gasteiger partial charge >= 0.3 is 5.97 Å². The third-order valence-corrected chi connectivity index (χ3v) is 3.21. The number of hydrogen-bond acceptors (Lipinski definition) is 6. The van der Waals surface area contributed by atoms with Crippen molar-refractivity contribution >= 4 is 27.3 Å². The van der Waals surface area contributed by atoms with Gasteiger partial charge in [-0.1, -0.05) is 0 Å². The fraction of sp³-hybridized carbons (Fsp3) is 0.400. The zero-order valence-corrected chi connectivity index (χ0v) is 10.9. The van der Waals surface area contributed by atoms with E-state index in [0.717, 1.165) is 12.5 Å². The number of nitrogens with two attached hydrogens (primary N) is 1. The van der Waals surface area contributed by atoms with Gasteiger partial charge in [0.1, 0.15) is 15.7 Å². The van der Waals surface area contributed by atoms with Crippen molar-refractivity contribution in [3.05, 3.63) is 17.8 Å². The predicted octanol–water partition coefficient (Wildman–Crippen LogP) is 0.207. The molecule has 0 saturated carbocycles.